The fraction of sp³-hybridized carbons (Fsp3) is 0. The molecule has 8 heteroatoms. The normalized spacial score (nSPS) is 10.4. The molecule has 0 saturated heterocycles. The monoisotopic (exact) mass is 376 g/mol. The molecule has 1 amide bonds. The highest BCUT2D eigenvalue weighted by atomic mass is 35.5. The van der Waals surface area contributed by atoms with Crippen molar-refractivity contribution < 1.29 is 9.18 Å². The van der Waals surface area contributed by atoms with Gasteiger partial charge in [-0.3, -0.25) is 4.79 Å². The Morgan fingerprint density at radius 2 is 1.84 bits per heavy atom. The Morgan fingerprint density at radius 1 is 1.04 bits per heavy atom. The number of amides is 1. The van der Waals surface area contributed by atoms with Crippen LogP contribution in [0.4, 0.5) is 21.6 Å². The summed E-state index contributed by atoms with van der Waals surface area (Å²) in [6.07, 6.45) is 1.23. The standard InChI is InChI=1S/C17H11Cl2FN4O/c18-12-5-2-6-13(16(12)19)24-17(25)14-8-15(22-9-21-14)23-11-4-1-3-10(20)7-11/h1-9H,(H,24,25)(H,21,22,23). The van der Waals surface area contributed by atoms with Crippen molar-refractivity contribution in [2.75, 3.05) is 10.6 Å². The van der Waals surface area contributed by atoms with Crippen LogP contribution >= 0.6 is 23.2 Å². The molecule has 1 aromatic heterocycles. The summed E-state index contributed by atoms with van der Waals surface area (Å²) in [5.41, 5.74) is 0.991. The highest BCUT2D eigenvalue weighted by Gasteiger charge is 2.12. The van der Waals surface area contributed by atoms with Crippen molar-refractivity contribution in [2.45, 2.75) is 0 Å². The number of nitrogens with one attached hydrogen (secondary N) is 2. The number of nitrogens with zero attached hydrogens (tertiary/aromatic N) is 2. The van der Waals surface area contributed by atoms with Crippen LogP contribution in [0.3, 0.4) is 0 Å². The van der Waals surface area contributed by atoms with Gasteiger partial charge in [0, 0.05) is 11.8 Å². The summed E-state index contributed by atoms with van der Waals surface area (Å²) in [6.45, 7) is 0. The lowest BCUT2D eigenvalue weighted by atomic mass is 10.3. The Labute approximate surface area is 152 Å². The lowest BCUT2D eigenvalue weighted by Crippen LogP contribution is -2.14. The first kappa shape index (κ1) is 17.1. The van der Waals surface area contributed by atoms with E-state index < -0.39 is 5.91 Å². The third-order valence-electron chi connectivity index (χ3n) is 3.20. The summed E-state index contributed by atoms with van der Waals surface area (Å²) in [4.78, 5) is 20.3. The second kappa shape index (κ2) is 7.46. The predicted octanol–water partition coefficient (Wildman–Crippen LogP) is 4.92. The van der Waals surface area contributed by atoms with Crippen LogP contribution in [0.5, 0.6) is 0 Å². The lowest BCUT2D eigenvalue weighted by Gasteiger charge is -2.09. The minimum Gasteiger partial charge on any atom is -0.340 e. The molecule has 2 aromatic carbocycles. The maximum Gasteiger partial charge on any atom is 0.274 e. The fourth-order valence-electron chi connectivity index (χ4n) is 2.05. The largest absolute Gasteiger partial charge is 0.340 e. The van der Waals surface area contributed by atoms with E-state index in [4.69, 9.17) is 23.2 Å². The first-order chi connectivity index (χ1) is 12.0. The van der Waals surface area contributed by atoms with E-state index in [0.717, 1.165) is 0 Å². The van der Waals surface area contributed by atoms with Gasteiger partial charge in [0.15, 0.2) is 0 Å². The number of benzene rings is 2. The number of carbonyl (C=O) groups is 1. The minimum atomic E-state index is -0.478. The van der Waals surface area contributed by atoms with Gasteiger partial charge in [0.2, 0.25) is 0 Å². The van der Waals surface area contributed by atoms with Crippen LogP contribution in [0.25, 0.3) is 0 Å². The van der Waals surface area contributed by atoms with Crippen molar-refractivity contribution in [2.24, 2.45) is 0 Å². The van der Waals surface area contributed by atoms with Gasteiger partial charge in [-0.25, -0.2) is 14.4 Å². The van der Waals surface area contributed by atoms with Gasteiger partial charge in [0.1, 0.15) is 23.7 Å². The maximum absolute atomic E-state index is 13.2. The molecule has 0 aliphatic carbocycles. The van der Waals surface area contributed by atoms with Crippen molar-refractivity contribution in [1.29, 1.82) is 0 Å². The van der Waals surface area contributed by atoms with E-state index in [2.05, 4.69) is 20.6 Å². The Morgan fingerprint density at radius 3 is 2.64 bits per heavy atom. The molecule has 0 bridgehead atoms. The number of halogens is 3. The molecule has 25 heavy (non-hydrogen) atoms. The zero-order valence-corrected chi connectivity index (χ0v) is 14.1. The average molecular weight is 377 g/mol. The number of hydrogen-bond acceptors (Lipinski definition) is 4. The summed E-state index contributed by atoms with van der Waals surface area (Å²) in [5, 5.41) is 6.11. The van der Waals surface area contributed by atoms with E-state index in [0.29, 0.717) is 22.2 Å². The summed E-state index contributed by atoms with van der Waals surface area (Å²) < 4.78 is 13.2. The molecule has 0 spiro atoms. The molecule has 2 N–H and O–H groups in total. The zero-order valence-electron chi connectivity index (χ0n) is 12.6. The van der Waals surface area contributed by atoms with E-state index in [1.165, 1.54) is 24.5 Å². The van der Waals surface area contributed by atoms with Gasteiger partial charge < -0.3 is 10.6 Å². The van der Waals surface area contributed by atoms with Crippen molar-refractivity contribution in [1.82, 2.24) is 9.97 Å². The number of hydrogen-bond donors (Lipinski definition) is 2. The first-order valence-corrected chi connectivity index (χ1v) is 7.88. The highest BCUT2D eigenvalue weighted by molar-refractivity contribution is 6.44. The lowest BCUT2D eigenvalue weighted by molar-refractivity contribution is 0.102. The van der Waals surface area contributed by atoms with E-state index >= 15 is 0 Å². The Balaban J connectivity index is 1.78. The van der Waals surface area contributed by atoms with Crippen LogP contribution in [-0.2, 0) is 0 Å². The third-order valence-corrected chi connectivity index (χ3v) is 4.02. The van der Waals surface area contributed by atoms with Crippen LogP contribution in [-0.4, -0.2) is 15.9 Å². The van der Waals surface area contributed by atoms with Crippen LogP contribution in [0.1, 0.15) is 10.5 Å². The highest BCUT2D eigenvalue weighted by Crippen LogP contribution is 2.29. The van der Waals surface area contributed by atoms with Crippen LogP contribution < -0.4 is 10.6 Å². The third kappa shape index (κ3) is 4.23. The topological polar surface area (TPSA) is 66.9 Å². The number of anilines is 3. The van der Waals surface area contributed by atoms with E-state index in [1.54, 1.807) is 30.3 Å². The summed E-state index contributed by atoms with van der Waals surface area (Å²) in [5.74, 6) is -0.510. The minimum absolute atomic E-state index is 0.116. The van der Waals surface area contributed by atoms with E-state index in [-0.39, 0.29) is 16.5 Å². The predicted molar refractivity (Wildman–Crippen MR) is 96.1 cm³/mol. The van der Waals surface area contributed by atoms with Crippen molar-refractivity contribution >= 4 is 46.3 Å². The molecule has 0 unspecified atom stereocenters. The Kier molecular flexibility index (Phi) is 5.11. The summed E-state index contributed by atoms with van der Waals surface area (Å²) in [6, 6.07) is 12.2. The van der Waals surface area contributed by atoms with Crippen molar-refractivity contribution in [3.8, 4) is 0 Å². The molecular weight excluding hydrogens is 366 g/mol. The zero-order chi connectivity index (χ0) is 17.8. The molecule has 1 heterocycles. The number of aromatic nitrogens is 2. The number of rotatable bonds is 4. The first-order valence-electron chi connectivity index (χ1n) is 7.13. The smallest absolute Gasteiger partial charge is 0.274 e. The molecule has 0 saturated carbocycles. The molecule has 3 aromatic rings. The second-order valence-electron chi connectivity index (χ2n) is 4.98. The van der Waals surface area contributed by atoms with Gasteiger partial charge in [-0.15, -0.1) is 0 Å². The van der Waals surface area contributed by atoms with E-state index in [9.17, 15) is 9.18 Å². The SMILES string of the molecule is O=C(Nc1cccc(Cl)c1Cl)c1cc(Nc2cccc(F)c2)ncn1. The van der Waals surface area contributed by atoms with Gasteiger partial charge in [0.25, 0.3) is 5.91 Å². The van der Waals surface area contributed by atoms with Crippen LogP contribution in [0.2, 0.25) is 10.0 Å². The molecular formula is C17H11Cl2FN4O. The molecule has 0 aliphatic rings. The molecule has 3 rings (SSSR count). The van der Waals surface area contributed by atoms with Crippen LogP contribution in [0.15, 0.2) is 54.9 Å². The summed E-state index contributed by atoms with van der Waals surface area (Å²) >= 11 is 12.0. The Hall–Kier alpha value is -2.70. The molecule has 5 nitrogen and oxygen atoms in total. The second-order valence-corrected chi connectivity index (χ2v) is 5.76. The molecule has 0 fully saturated rings. The Bertz CT molecular complexity index is 936. The average Bonchev–Trinajstić information content (AvgIpc) is 2.59. The number of carbonyl (C=O) groups excluding carboxylic acids is 1. The van der Waals surface area contributed by atoms with Gasteiger partial charge in [-0.05, 0) is 30.3 Å². The molecule has 0 atom stereocenters. The van der Waals surface area contributed by atoms with Crippen molar-refractivity contribution in [3.05, 3.63) is 76.4 Å². The maximum atomic E-state index is 13.2. The van der Waals surface area contributed by atoms with E-state index in [1.807, 2.05) is 0 Å². The van der Waals surface area contributed by atoms with Crippen molar-refractivity contribution in [3.63, 3.8) is 0 Å². The fourth-order valence-corrected chi connectivity index (χ4v) is 2.40. The van der Waals surface area contributed by atoms with Gasteiger partial charge >= 0.3 is 0 Å². The quantitative estimate of drug-likeness (QED) is 0.678. The summed E-state index contributed by atoms with van der Waals surface area (Å²) in [7, 11) is 0. The molecule has 0 aliphatic heterocycles. The molecule has 126 valence electrons. The van der Waals surface area contributed by atoms with Gasteiger partial charge in [-0.2, -0.15) is 0 Å². The molecule has 0 radical (unpaired) electrons. The van der Waals surface area contributed by atoms with Gasteiger partial charge in [0.05, 0.1) is 15.7 Å². The van der Waals surface area contributed by atoms with Gasteiger partial charge in [-0.1, -0.05) is 35.3 Å². The van der Waals surface area contributed by atoms with Crippen LogP contribution in [0, 0.1) is 5.82 Å².